The maximum absolute atomic E-state index is 12.4. The van der Waals surface area contributed by atoms with Crippen molar-refractivity contribution in [3.8, 4) is 11.5 Å². The van der Waals surface area contributed by atoms with Crippen molar-refractivity contribution in [3.05, 3.63) is 59.2 Å². The van der Waals surface area contributed by atoms with Gasteiger partial charge in [-0.25, -0.2) is 0 Å². The summed E-state index contributed by atoms with van der Waals surface area (Å²) in [5.74, 6) is 1.43. The van der Waals surface area contributed by atoms with E-state index < -0.39 is 0 Å². The fourth-order valence-electron chi connectivity index (χ4n) is 2.41. The third-order valence-electron chi connectivity index (χ3n) is 3.49. The molecule has 4 nitrogen and oxygen atoms in total. The third kappa shape index (κ3) is 5.82. The second kappa shape index (κ2) is 8.06. The van der Waals surface area contributed by atoms with Crippen molar-refractivity contribution in [2.75, 3.05) is 6.61 Å². The maximum atomic E-state index is 12.4. The first-order valence-electron chi connectivity index (χ1n) is 8.56. The largest absolute Gasteiger partial charge is 0.493 e. The average molecular weight is 341 g/mol. The molecule has 2 aromatic carbocycles. The van der Waals surface area contributed by atoms with E-state index in [0.29, 0.717) is 18.8 Å². The lowest BCUT2D eigenvalue weighted by atomic mass is 10.1. The molecule has 1 N–H and O–H groups in total. The van der Waals surface area contributed by atoms with Gasteiger partial charge in [0.25, 0.3) is 5.91 Å². The van der Waals surface area contributed by atoms with Crippen molar-refractivity contribution in [2.45, 2.75) is 46.8 Å². The van der Waals surface area contributed by atoms with E-state index in [4.69, 9.17) is 9.47 Å². The van der Waals surface area contributed by atoms with Crippen molar-refractivity contribution in [3.63, 3.8) is 0 Å². The summed E-state index contributed by atoms with van der Waals surface area (Å²) in [5.41, 5.74) is 2.31. The number of benzene rings is 2. The summed E-state index contributed by atoms with van der Waals surface area (Å²) in [6.45, 7) is 10.7. The predicted octanol–water partition coefficient (Wildman–Crippen LogP) is 4.50. The van der Waals surface area contributed by atoms with Gasteiger partial charge in [-0.1, -0.05) is 12.1 Å². The molecular weight excluding hydrogens is 314 g/mol. The molecule has 0 bridgehead atoms. The van der Waals surface area contributed by atoms with E-state index in [0.717, 1.165) is 22.6 Å². The van der Waals surface area contributed by atoms with Gasteiger partial charge in [-0.2, -0.15) is 0 Å². The Kier molecular flexibility index (Phi) is 6.07. The number of aryl methyl sites for hydroxylation is 1. The molecule has 134 valence electrons. The third-order valence-corrected chi connectivity index (χ3v) is 3.49. The number of carbonyl (C=O) groups excluding carboxylic acids is 1. The first-order chi connectivity index (χ1) is 11.8. The molecule has 0 unspecified atom stereocenters. The van der Waals surface area contributed by atoms with Crippen molar-refractivity contribution in [1.82, 2.24) is 5.32 Å². The second-order valence-corrected chi connectivity index (χ2v) is 7.06. The SMILES string of the molecule is CCOc1ccc(C(=O)NC(C)(C)C)cc1COc1cccc(C)c1. The van der Waals surface area contributed by atoms with Gasteiger partial charge in [0.2, 0.25) is 0 Å². The van der Waals surface area contributed by atoms with Crippen LogP contribution in [0.4, 0.5) is 0 Å². The van der Waals surface area contributed by atoms with Crippen LogP contribution in [0, 0.1) is 6.92 Å². The molecule has 4 heteroatoms. The maximum Gasteiger partial charge on any atom is 0.251 e. The molecule has 1 amide bonds. The van der Waals surface area contributed by atoms with Crippen LogP contribution in [0.1, 0.15) is 49.2 Å². The zero-order valence-electron chi connectivity index (χ0n) is 15.7. The molecule has 0 atom stereocenters. The first-order valence-corrected chi connectivity index (χ1v) is 8.56. The minimum atomic E-state index is -0.284. The predicted molar refractivity (Wildman–Crippen MR) is 100 cm³/mol. The molecule has 25 heavy (non-hydrogen) atoms. The van der Waals surface area contributed by atoms with E-state index in [1.54, 1.807) is 6.07 Å². The van der Waals surface area contributed by atoms with Crippen molar-refractivity contribution < 1.29 is 14.3 Å². The Labute approximate surface area is 150 Å². The Balaban J connectivity index is 2.21. The highest BCUT2D eigenvalue weighted by Gasteiger charge is 2.17. The Morgan fingerprint density at radius 1 is 1.08 bits per heavy atom. The van der Waals surface area contributed by atoms with Crippen LogP contribution >= 0.6 is 0 Å². The molecule has 0 heterocycles. The lowest BCUT2D eigenvalue weighted by molar-refractivity contribution is 0.0919. The highest BCUT2D eigenvalue weighted by Crippen LogP contribution is 2.23. The molecule has 0 spiro atoms. The van der Waals surface area contributed by atoms with Gasteiger partial charge in [-0.15, -0.1) is 0 Å². The molecular formula is C21H27NO3. The standard InChI is InChI=1S/C21H27NO3/c1-6-24-19-11-10-16(20(23)22-21(3,4)5)13-17(19)14-25-18-9-7-8-15(2)12-18/h7-13H,6,14H2,1-5H3,(H,22,23). The minimum absolute atomic E-state index is 0.104. The van der Waals surface area contributed by atoms with Crippen LogP contribution in [0.3, 0.4) is 0 Å². The van der Waals surface area contributed by atoms with Gasteiger partial charge in [0.05, 0.1) is 6.61 Å². The van der Waals surface area contributed by atoms with Crippen LogP contribution in [0.2, 0.25) is 0 Å². The summed E-state index contributed by atoms with van der Waals surface area (Å²) >= 11 is 0. The molecule has 0 aliphatic carbocycles. The first kappa shape index (κ1) is 18.8. The van der Waals surface area contributed by atoms with Gasteiger partial charge in [-0.05, 0) is 70.5 Å². The summed E-state index contributed by atoms with van der Waals surface area (Å²) in [5, 5.41) is 2.97. The molecule has 0 aliphatic heterocycles. The van der Waals surface area contributed by atoms with Crippen LogP contribution in [0.25, 0.3) is 0 Å². The summed E-state index contributed by atoms with van der Waals surface area (Å²) in [4.78, 5) is 12.4. The number of carbonyl (C=O) groups is 1. The quantitative estimate of drug-likeness (QED) is 0.841. The monoisotopic (exact) mass is 341 g/mol. The van der Waals surface area contributed by atoms with Gasteiger partial charge in [-0.3, -0.25) is 4.79 Å². The van der Waals surface area contributed by atoms with E-state index in [1.807, 2.05) is 71.0 Å². The fourth-order valence-corrected chi connectivity index (χ4v) is 2.41. The molecule has 2 aromatic rings. The summed E-state index contributed by atoms with van der Waals surface area (Å²) in [6.07, 6.45) is 0. The normalized spacial score (nSPS) is 11.1. The lowest BCUT2D eigenvalue weighted by Crippen LogP contribution is -2.40. The number of amides is 1. The second-order valence-electron chi connectivity index (χ2n) is 7.06. The van der Waals surface area contributed by atoms with E-state index in [2.05, 4.69) is 5.32 Å². The van der Waals surface area contributed by atoms with E-state index >= 15 is 0 Å². The van der Waals surface area contributed by atoms with Gasteiger partial charge in [0.15, 0.2) is 0 Å². The minimum Gasteiger partial charge on any atom is -0.493 e. The van der Waals surface area contributed by atoms with Crippen molar-refractivity contribution in [2.24, 2.45) is 0 Å². The van der Waals surface area contributed by atoms with Gasteiger partial charge in [0, 0.05) is 16.7 Å². The Bertz CT molecular complexity index is 732. The highest BCUT2D eigenvalue weighted by atomic mass is 16.5. The van der Waals surface area contributed by atoms with Gasteiger partial charge in [0.1, 0.15) is 18.1 Å². The van der Waals surface area contributed by atoms with Gasteiger partial charge >= 0.3 is 0 Å². The summed E-state index contributed by atoms with van der Waals surface area (Å²) < 4.78 is 11.6. The van der Waals surface area contributed by atoms with Crippen LogP contribution < -0.4 is 14.8 Å². The molecule has 0 radical (unpaired) electrons. The summed E-state index contributed by atoms with van der Waals surface area (Å²) in [6, 6.07) is 13.3. The van der Waals surface area contributed by atoms with E-state index in [1.165, 1.54) is 0 Å². The van der Waals surface area contributed by atoms with Crippen LogP contribution in [-0.2, 0) is 6.61 Å². The highest BCUT2D eigenvalue weighted by molar-refractivity contribution is 5.95. The van der Waals surface area contributed by atoms with Crippen molar-refractivity contribution >= 4 is 5.91 Å². The van der Waals surface area contributed by atoms with Crippen LogP contribution in [0.5, 0.6) is 11.5 Å². The zero-order valence-corrected chi connectivity index (χ0v) is 15.7. The van der Waals surface area contributed by atoms with Crippen LogP contribution in [0.15, 0.2) is 42.5 Å². The molecule has 0 aromatic heterocycles. The summed E-state index contributed by atoms with van der Waals surface area (Å²) in [7, 11) is 0. The fraction of sp³-hybridized carbons (Fsp3) is 0.381. The zero-order chi connectivity index (χ0) is 18.4. The Morgan fingerprint density at radius 2 is 1.84 bits per heavy atom. The van der Waals surface area contributed by atoms with Crippen LogP contribution in [-0.4, -0.2) is 18.1 Å². The Hall–Kier alpha value is -2.49. The average Bonchev–Trinajstić information content (AvgIpc) is 2.52. The molecule has 0 saturated heterocycles. The number of rotatable bonds is 6. The van der Waals surface area contributed by atoms with Gasteiger partial charge < -0.3 is 14.8 Å². The Morgan fingerprint density at radius 3 is 2.48 bits per heavy atom. The number of nitrogens with one attached hydrogen (secondary N) is 1. The number of hydrogen-bond donors (Lipinski definition) is 1. The molecule has 0 aliphatic rings. The molecule has 0 fully saturated rings. The molecule has 0 saturated carbocycles. The van der Waals surface area contributed by atoms with E-state index in [-0.39, 0.29) is 11.4 Å². The topological polar surface area (TPSA) is 47.6 Å². The number of hydrogen-bond acceptors (Lipinski definition) is 3. The lowest BCUT2D eigenvalue weighted by Gasteiger charge is -2.21. The number of ether oxygens (including phenoxy) is 2. The van der Waals surface area contributed by atoms with E-state index in [9.17, 15) is 4.79 Å². The van der Waals surface area contributed by atoms with Crippen molar-refractivity contribution in [1.29, 1.82) is 0 Å². The smallest absolute Gasteiger partial charge is 0.251 e. The molecule has 2 rings (SSSR count).